The molecule has 2 aromatic rings. The summed E-state index contributed by atoms with van der Waals surface area (Å²) in [5.74, 6) is 5.21. The van der Waals surface area contributed by atoms with Crippen LogP contribution in [-0.2, 0) is 20.1 Å². The summed E-state index contributed by atoms with van der Waals surface area (Å²) in [5.41, 5.74) is 2.42. The summed E-state index contributed by atoms with van der Waals surface area (Å²) in [6.45, 7) is 11.8. The molecule has 168 valence electrons. The zero-order chi connectivity index (χ0) is 20.7. The van der Waals surface area contributed by atoms with E-state index in [0.717, 1.165) is 23.7 Å². The molecule has 3 nitrogen and oxygen atoms in total. The van der Waals surface area contributed by atoms with E-state index in [1.165, 1.54) is 11.1 Å². The Morgan fingerprint density at radius 2 is 0.967 bits per heavy atom. The Balaban J connectivity index is 0.000000604. The average Bonchev–Trinajstić information content (AvgIpc) is 2.91. The van der Waals surface area contributed by atoms with Crippen LogP contribution < -0.4 is 0 Å². The normalized spacial score (nSPS) is 25.2. The Morgan fingerprint density at radius 1 is 0.667 bits per heavy atom. The molecule has 1 aliphatic rings. The molecule has 4 unspecified atom stereocenters. The Bertz CT molecular complexity index is 592. The van der Waals surface area contributed by atoms with E-state index in [0.29, 0.717) is 0 Å². The molecular weight excluding hydrogens is 549 g/mol. The van der Waals surface area contributed by atoms with Gasteiger partial charge in [0.2, 0.25) is 0 Å². The summed E-state index contributed by atoms with van der Waals surface area (Å²) in [6.07, 6.45) is 0. The molecule has 0 aromatic heterocycles. The largest absolute Gasteiger partial charge is 3.00 e. The third-order valence-electron chi connectivity index (χ3n) is 6.98. The Kier molecular flexibility index (Phi) is 13.6. The quantitative estimate of drug-likeness (QED) is 0.346. The molecule has 0 aliphatic heterocycles. The average molecular weight is 588 g/mol. The minimum Gasteiger partial charge on any atom is -0.659 e. The summed E-state index contributed by atoms with van der Waals surface area (Å²) in [5, 5.41) is 9.02. The first-order valence-electron chi connectivity index (χ1n) is 10.5. The van der Waals surface area contributed by atoms with Crippen LogP contribution in [0.1, 0.15) is 57.8 Å². The molecule has 3 rings (SSSR count). The molecule has 6 atom stereocenters. The molecule has 1 aliphatic carbocycles. The molecule has 0 saturated heterocycles. The van der Waals surface area contributed by atoms with Crippen LogP contribution in [0.25, 0.3) is 10.6 Å². The molecule has 0 amide bonds. The number of hydrogen-bond donors (Lipinski definition) is 0. The van der Waals surface area contributed by atoms with Crippen LogP contribution in [0.15, 0.2) is 60.7 Å². The van der Waals surface area contributed by atoms with Gasteiger partial charge < -0.3 is 22.0 Å². The summed E-state index contributed by atoms with van der Waals surface area (Å²) >= 11 is 0. The number of rotatable bonds is 5. The van der Waals surface area contributed by atoms with Crippen LogP contribution in [0, 0.1) is 29.6 Å². The molecule has 0 bridgehead atoms. The smallest absolute Gasteiger partial charge is 0.659 e. The van der Waals surface area contributed by atoms with Crippen LogP contribution in [0.2, 0.25) is 0 Å². The number of likely N-dealkylation sites (N-methyl/N-ethyl adjacent to an activating group) is 2. The summed E-state index contributed by atoms with van der Waals surface area (Å²) in [7, 11) is 3.72. The van der Waals surface area contributed by atoms with Crippen molar-refractivity contribution in [2.75, 3.05) is 14.1 Å². The van der Waals surface area contributed by atoms with Crippen LogP contribution in [-0.4, -0.2) is 19.6 Å². The van der Waals surface area contributed by atoms with Gasteiger partial charge in [-0.2, -0.15) is 32.9 Å². The number of nitrogens with zero attached hydrogens (tertiary/aromatic N) is 2. The molecule has 30 heavy (non-hydrogen) atoms. The molecule has 0 heterocycles. The van der Waals surface area contributed by atoms with E-state index in [1.807, 2.05) is 50.5 Å². The second-order valence-electron chi connectivity index (χ2n) is 8.27. The van der Waals surface area contributed by atoms with Gasteiger partial charge in [0.1, 0.15) is 0 Å². The van der Waals surface area contributed by atoms with Gasteiger partial charge in [0, 0.05) is 0 Å². The van der Waals surface area contributed by atoms with Crippen molar-refractivity contribution in [3.8, 4) is 0 Å². The monoisotopic (exact) mass is 588 g/mol. The maximum atomic E-state index is 4.51. The van der Waals surface area contributed by atoms with Gasteiger partial charge in [-0.05, 0) is 0 Å². The van der Waals surface area contributed by atoms with E-state index in [1.54, 1.807) is 5.92 Å². The van der Waals surface area contributed by atoms with Crippen LogP contribution >= 0.6 is 0 Å². The van der Waals surface area contributed by atoms with Crippen molar-refractivity contribution in [3.63, 3.8) is 0 Å². The molecule has 1 fully saturated rings. The van der Waals surface area contributed by atoms with E-state index >= 15 is 0 Å². The van der Waals surface area contributed by atoms with Crippen molar-refractivity contribution in [1.29, 1.82) is 0 Å². The zero-order valence-corrected chi connectivity index (χ0v) is 21.9. The van der Waals surface area contributed by atoms with Gasteiger partial charge in [0.25, 0.3) is 0 Å². The van der Waals surface area contributed by atoms with E-state index in [-0.39, 0.29) is 37.7 Å². The fourth-order valence-electron chi connectivity index (χ4n) is 4.40. The van der Waals surface area contributed by atoms with Gasteiger partial charge >= 0.3 is 20.1 Å². The van der Waals surface area contributed by atoms with Gasteiger partial charge in [-0.15, -0.1) is 12.1 Å². The summed E-state index contributed by atoms with van der Waals surface area (Å²) in [4.78, 5) is 0. The van der Waals surface area contributed by atoms with E-state index < -0.39 is 0 Å². The van der Waals surface area contributed by atoms with Crippen LogP contribution in [0.3, 0.4) is 0 Å². The standard InChI is InChI=1S/C16H18N2.C10H19.Ir.H2O/c1-17-15(13-9-5-3-6-10-13)16(18-2)14-11-7-4-8-12-14;1-6-7(2)9(4)10(5)8(6)3;;/h3-12,15-16H,1-2H3;6-9H,1-5H3;;1H2/q-2;-1;+3;/t15-,16-;;;/m1.../s1. The van der Waals surface area contributed by atoms with Crippen molar-refractivity contribution >= 4 is 0 Å². The van der Waals surface area contributed by atoms with Gasteiger partial charge in [0.05, 0.1) is 0 Å². The van der Waals surface area contributed by atoms with Gasteiger partial charge in [-0.3, -0.25) is 0 Å². The minimum atomic E-state index is 0. The molecule has 1 saturated carbocycles. The second-order valence-corrected chi connectivity index (χ2v) is 8.27. The fourth-order valence-corrected chi connectivity index (χ4v) is 4.40. The molecule has 2 N–H and O–H groups in total. The van der Waals surface area contributed by atoms with Crippen molar-refractivity contribution in [2.24, 2.45) is 23.7 Å². The Labute approximate surface area is 198 Å². The van der Waals surface area contributed by atoms with Crippen LogP contribution in [0.4, 0.5) is 0 Å². The first-order valence-corrected chi connectivity index (χ1v) is 10.5. The third-order valence-corrected chi connectivity index (χ3v) is 6.98. The Morgan fingerprint density at radius 3 is 1.17 bits per heavy atom. The molecule has 0 radical (unpaired) electrons. The van der Waals surface area contributed by atoms with E-state index in [4.69, 9.17) is 0 Å². The SMILES string of the molecule is C[C-]1C(C)C(C)C(C)C1C.C[N-][C@H](c1ccccc1)[C@H]([N-]C)c1ccccc1.O.[Ir+3]. The number of hydrogen-bond acceptors (Lipinski definition) is 0. The molecule has 2 aromatic carbocycles. The zero-order valence-electron chi connectivity index (χ0n) is 19.5. The molecule has 4 heteroatoms. The predicted molar refractivity (Wildman–Crippen MR) is 126 cm³/mol. The maximum Gasteiger partial charge on any atom is 3.00 e. The molecule has 0 spiro atoms. The van der Waals surface area contributed by atoms with Crippen molar-refractivity contribution in [2.45, 2.75) is 46.7 Å². The third kappa shape index (κ3) is 7.00. The second kappa shape index (κ2) is 14.1. The fraction of sp³-hybridized carbons (Fsp3) is 0.500. The summed E-state index contributed by atoms with van der Waals surface area (Å²) < 4.78 is 0. The summed E-state index contributed by atoms with van der Waals surface area (Å²) in [6, 6.07) is 20.8. The van der Waals surface area contributed by atoms with Gasteiger partial charge in [-0.25, -0.2) is 0 Å². The van der Waals surface area contributed by atoms with Gasteiger partial charge in [-0.1, -0.05) is 111 Å². The maximum absolute atomic E-state index is 4.51. The van der Waals surface area contributed by atoms with E-state index in [9.17, 15) is 0 Å². The number of benzene rings is 2. The van der Waals surface area contributed by atoms with Crippen molar-refractivity contribution in [3.05, 3.63) is 88.3 Å². The Hall–Kier alpha value is -1.03. The predicted octanol–water partition coefficient (Wildman–Crippen LogP) is 6.79. The van der Waals surface area contributed by atoms with Crippen molar-refractivity contribution in [1.82, 2.24) is 0 Å². The minimum absolute atomic E-state index is 0. The first kappa shape index (κ1) is 29.0. The van der Waals surface area contributed by atoms with Crippen LogP contribution in [0.5, 0.6) is 0 Å². The first-order chi connectivity index (χ1) is 13.4. The van der Waals surface area contributed by atoms with Gasteiger partial charge in [0.15, 0.2) is 0 Å². The van der Waals surface area contributed by atoms with E-state index in [2.05, 4.69) is 69.5 Å². The topological polar surface area (TPSA) is 59.7 Å². The molecular formula is C26H39IrN2O. The van der Waals surface area contributed by atoms with Crippen molar-refractivity contribution < 1.29 is 25.6 Å².